The van der Waals surface area contributed by atoms with E-state index in [2.05, 4.69) is 36.6 Å². The van der Waals surface area contributed by atoms with Crippen molar-refractivity contribution in [2.24, 2.45) is 0 Å². The van der Waals surface area contributed by atoms with Crippen LogP contribution in [0, 0.1) is 6.92 Å². The molecule has 1 aliphatic rings. The second-order valence-corrected chi connectivity index (χ2v) is 6.10. The highest BCUT2D eigenvalue weighted by atomic mass is 32.1. The summed E-state index contributed by atoms with van der Waals surface area (Å²) in [5, 5.41) is 7.52. The fourth-order valence-electron chi connectivity index (χ4n) is 2.83. The number of likely N-dealkylation sites (tertiary alicyclic amines) is 1. The van der Waals surface area contributed by atoms with Gasteiger partial charge in [-0.25, -0.2) is 0 Å². The number of aryl methyl sites for hydroxylation is 1. The van der Waals surface area contributed by atoms with E-state index in [1.165, 1.54) is 44.5 Å². The Bertz CT molecular complexity index is 439. The van der Waals surface area contributed by atoms with Gasteiger partial charge in [0.2, 0.25) is 0 Å². The van der Waals surface area contributed by atoms with Gasteiger partial charge in [0.1, 0.15) is 0 Å². The summed E-state index contributed by atoms with van der Waals surface area (Å²) in [4.78, 5) is 1.74. The molecule has 0 aliphatic carbocycles. The minimum atomic E-state index is 0.527. The fraction of sp³-hybridized carbons (Fsp3) is 0.562. The van der Waals surface area contributed by atoms with Crippen molar-refractivity contribution < 1.29 is 4.90 Å². The highest BCUT2D eigenvalue weighted by molar-refractivity contribution is 7.80. The molecule has 3 nitrogen and oxygen atoms in total. The van der Waals surface area contributed by atoms with E-state index < -0.39 is 0 Å². The molecule has 1 heterocycles. The molecule has 0 bridgehead atoms. The lowest BCUT2D eigenvalue weighted by Crippen LogP contribution is -3.13. The SMILES string of the molecule is CCC[NH+]1CCC(NC(=S)Nc2ccccc2C)CC1. The van der Waals surface area contributed by atoms with Crippen molar-refractivity contribution in [3.05, 3.63) is 29.8 Å². The van der Waals surface area contributed by atoms with E-state index in [4.69, 9.17) is 12.2 Å². The summed E-state index contributed by atoms with van der Waals surface area (Å²) in [5.74, 6) is 0. The molecule has 110 valence electrons. The molecule has 0 radical (unpaired) electrons. The molecule has 0 spiro atoms. The molecule has 1 aliphatic heterocycles. The molecule has 1 aromatic rings. The maximum atomic E-state index is 5.43. The number of anilines is 1. The van der Waals surface area contributed by atoms with Crippen LogP contribution in [-0.2, 0) is 0 Å². The summed E-state index contributed by atoms with van der Waals surface area (Å²) in [6, 6.07) is 8.77. The Morgan fingerprint density at radius 3 is 2.65 bits per heavy atom. The highest BCUT2D eigenvalue weighted by Gasteiger charge is 2.21. The van der Waals surface area contributed by atoms with Gasteiger partial charge in [-0.2, -0.15) is 0 Å². The molecule has 0 saturated carbocycles. The average molecular weight is 292 g/mol. The van der Waals surface area contributed by atoms with E-state index in [9.17, 15) is 0 Å². The first-order valence-electron chi connectivity index (χ1n) is 7.65. The largest absolute Gasteiger partial charge is 0.359 e. The van der Waals surface area contributed by atoms with E-state index in [-0.39, 0.29) is 0 Å². The van der Waals surface area contributed by atoms with Crippen LogP contribution in [0.25, 0.3) is 0 Å². The third-order valence-corrected chi connectivity index (χ3v) is 4.24. The van der Waals surface area contributed by atoms with Gasteiger partial charge in [0.15, 0.2) is 5.11 Å². The fourth-order valence-corrected chi connectivity index (χ4v) is 3.11. The van der Waals surface area contributed by atoms with Crippen molar-refractivity contribution in [3.8, 4) is 0 Å². The molecule has 0 atom stereocenters. The molecule has 4 heteroatoms. The minimum Gasteiger partial charge on any atom is -0.359 e. The maximum absolute atomic E-state index is 5.43. The number of hydrogen-bond acceptors (Lipinski definition) is 1. The first kappa shape index (κ1) is 15.3. The standard InChI is InChI=1S/C16H25N3S/c1-3-10-19-11-8-14(9-12-19)17-16(20)18-15-7-5-4-6-13(15)2/h4-7,14H,3,8-12H2,1-2H3,(H2,17,18,20)/p+1. The van der Waals surface area contributed by atoms with Crippen LogP contribution in [-0.4, -0.2) is 30.8 Å². The van der Waals surface area contributed by atoms with Crippen molar-refractivity contribution in [2.75, 3.05) is 25.0 Å². The van der Waals surface area contributed by atoms with Crippen molar-refractivity contribution in [1.82, 2.24) is 5.32 Å². The number of rotatable bonds is 4. The molecule has 0 amide bonds. The second kappa shape index (κ2) is 7.60. The predicted molar refractivity (Wildman–Crippen MR) is 89.4 cm³/mol. The summed E-state index contributed by atoms with van der Waals surface area (Å²) in [7, 11) is 0. The molecule has 0 unspecified atom stereocenters. The van der Waals surface area contributed by atoms with Crippen molar-refractivity contribution >= 4 is 23.0 Å². The topological polar surface area (TPSA) is 28.5 Å². The number of benzene rings is 1. The number of thiocarbonyl (C=S) groups is 1. The molecule has 1 fully saturated rings. The molecule has 0 aromatic heterocycles. The zero-order chi connectivity index (χ0) is 14.4. The normalized spacial score (nSPS) is 22.3. The first-order valence-corrected chi connectivity index (χ1v) is 8.06. The van der Waals surface area contributed by atoms with Gasteiger partial charge in [0, 0.05) is 24.6 Å². The van der Waals surface area contributed by atoms with Crippen LogP contribution < -0.4 is 15.5 Å². The number of quaternary nitrogens is 1. The number of hydrogen-bond donors (Lipinski definition) is 3. The molecule has 20 heavy (non-hydrogen) atoms. The molecular weight excluding hydrogens is 266 g/mol. The van der Waals surface area contributed by atoms with E-state index in [0.29, 0.717) is 6.04 Å². The zero-order valence-corrected chi connectivity index (χ0v) is 13.4. The monoisotopic (exact) mass is 292 g/mol. The predicted octanol–water partition coefficient (Wildman–Crippen LogP) is 1.74. The molecule has 1 saturated heterocycles. The summed E-state index contributed by atoms with van der Waals surface area (Å²) in [6.45, 7) is 8.19. The van der Waals surface area contributed by atoms with Gasteiger partial charge in [-0.15, -0.1) is 0 Å². The Labute approximate surface area is 127 Å². The van der Waals surface area contributed by atoms with E-state index in [1.54, 1.807) is 4.90 Å². The Morgan fingerprint density at radius 1 is 1.30 bits per heavy atom. The summed E-state index contributed by atoms with van der Waals surface area (Å²) < 4.78 is 0. The molecule has 1 aromatic carbocycles. The third kappa shape index (κ3) is 4.46. The smallest absolute Gasteiger partial charge is 0.171 e. The van der Waals surface area contributed by atoms with Crippen molar-refractivity contribution in [2.45, 2.75) is 39.2 Å². The number of piperidine rings is 1. The summed E-state index contributed by atoms with van der Waals surface area (Å²) in [5.41, 5.74) is 2.32. The van der Waals surface area contributed by atoms with E-state index >= 15 is 0 Å². The number of nitrogens with one attached hydrogen (secondary N) is 3. The van der Waals surface area contributed by atoms with Gasteiger partial charge >= 0.3 is 0 Å². The van der Waals surface area contributed by atoms with Crippen LogP contribution in [0.15, 0.2) is 24.3 Å². The van der Waals surface area contributed by atoms with Crippen LogP contribution in [0.4, 0.5) is 5.69 Å². The zero-order valence-electron chi connectivity index (χ0n) is 12.5. The van der Waals surface area contributed by atoms with Gasteiger partial charge in [-0.05, 0) is 37.2 Å². The quantitative estimate of drug-likeness (QED) is 0.738. The molecule has 2 rings (SSSR count). The number of para-hydroxylation sites is 1. The van der Waals surface area contributed by atoms with Gasteiger partial charge in [0.25, 0.3) is 0 Å². The van der Waals surface area contributed by atoms with E-state index in [0.717, 1.165) is 10.8 Å². The van der Waals surface area contributed by atoms with Crippen molar-refractivity contribution in [1.29, 1.82) is 0 Å². The van der Waals surface area contributed by atoms with Crippen LogP contribution >= 0.6 is 12.2 Å². The second-order valence-electron chi connectivity index (χ2n) is 5.69. The van der Waals surface area contributed by atoms with E-state index in [1.807, 2.05) is 12.1 Å². The minimum absolute atomic E-state index is 0.527. The summed E-state index contributed by atoms with van der Waals surface area (Å²) >= 11 is 5.43. The Kier molecular flexibility index (Phi) is 5.80. The molecule has 3 N–H and O–H groups in total. The Balaban J connectivity index is 1.77. The Hall–Kier alpha value is -1.13. The average Bonchev–Trinajstić information content (AvgIpc) is 2.44. The maximum Gasteiger partial charge on any atom is 0.171 e. The highest BCUT2D eigenvalue weighted by Crippen LogP contribution is 2.13. The van der Waals surface area contributed by atoms with Crippen molar-refractivity contribution in [3.63, 3.8) is 0 Å². The van der Waals surface area contributed by atoms with Crippen LogP contribution in [0.5, 0.6) is 0 Å². The van der Waals surface area contributed by atoms with Gasteiger partial charge in [0.05, 0.1) is 19.6 Å². The van der Waals surface area contributed by atoms with Crippen LogP contribution in [0.3, 0.4) is 0 Å². The molecular formula is C16H26N3S+. The lowest BCUT2D eigenvalue weighted by Gasteiger charge is -2.30. The van der Waals surface area contributed by atoms with Gasteiger partial charge < -0.3 is 15.5 Å². The van der Waals surface area contributed by atoms with Gasteiger partial charge in [-0.1, -0.05) is 25.1 Å². The lowest BCUT2D eigenvalue weighted by atomic mass is 10.1. The van der Waals surface area contributed by atoms with Gasteiger partial charge in [-0.3, -0.25) is 0 Å². The first-order chi connectivity index (χ1) is 9.69. The van der Waals surface area contributed by atoms with Crippen LogP contribution in [0.1, 0.15) is 31.7 Å². The van der Waals surface area contributed by atoms with Crippen LogP contribution in [0.2, 0.25) is 0 Å². The Morgan fingerprint density at radius 2 is 2.00 bits per heavy atom. The third-order valence-electron chi connectivity index (χ3n) is 4.02. The summed E-state index contributed by atoms with van der Waals surface area (Å²) in [6.07, 6.45) is 3.70. The lowest BCUT2D eigenvalue weighted by molar-refractivity contribution is -0.905.